The number of benzene rings is 1. The van der Waals surface area contributed by atoms with E-state index < -0.39 is 0 Å². The second-order valence-electron chi connectivity index (χ2n) is 2.90. The summed E-state index contributed by atoms with van der Waals surface area (Å²) in [5.41, 5.74) is 1.02. The third-order valence-electron chi connectivity index (χ3n) is 2.04. The second-order valence-corrected chi connectivity index (χ2v) is 3.75. The molecular weight excluding hydrogens is 223 g/mol. The predicted molar refractivity (Wildman–Crippen MR) is 47.7 cm³/mol. The quantitative estimate of drug-likeness (QED) is 0.721. The molecule has 3 heteroatoms. The van der Waals surface area contributed by atoms with Crippen LogP contribution in [-0.4, -0.2) is 13.2 Å². The Morgan fingerprint density at radius 3 is 2.75 bits per heavy atom. The van der Waals surface area contributed by atoms with Gasteiger partial charge < -0.3 is 4.74 Å². The minimum atomic E-state index is -0.180. The SMILES string of the molecule is Fc1ccc(Br)c(C2COC2)c1. The summed E-state index contributed by atoms with van der Waals surface area (Å²) in [5, 5.41) is 0. The summed E-state index contributed by atoms with van der Waals surface area (Å²) >= 11 is 3.38. The van der Waals surface area contributed by atoms with Crippen molar-refractivity contribution in [3.8, 4) is 0 Å². The highest BCUT2D eigenvalue weighted by Gasteiger charge is 2.22. The van der Waals surface area contributed by atoms with Crippen LogP contribution in [0.2, 0.25) is 0 Å². The molecule has 1 heterocycles. The van der Waals surface area contributed by atoms with Crippen LogP contribution in [0.4, 0.5) is 4.39 Å². The zero-order chi connectivity index (χ0) is 8.55. The Hall–Kier alpha value is -0.410. The van der Waals surface area contributed by atoms with Crippen molar-refractivity contribution in [2.45, 2.75) is 5.92 Å². The van der Waals surface area contributed by atoms with E-state index in [9.17, 15) is 4.39 Å². The van der Waals surface area contributed by atoms with Crippen molar-refractivity contribution in [2.24, 2.45) is 0 Å². The first-order chi connectivity index (χ1) is 5.77. The lowest BCUT2D eigenvalue weighted by Gasteiger charge is -2.27. The molecule has 1 saturated heterocycles. The van der Waals surface area contributed by atoms with Gasteiger partial charge in [-0.3, -0.25) is 0 Å². The van der Waals surface area contributed by atoms with Gasteiger partial charge in [-0.25, -0.2) is 4.39 Å². The second kappa shape index (κ2) is 3.15. The predicted octanol–water partition coefficient (Wildman–Crippen LogP) is 2.70. The lowest BCUT2D eigenvalue weighted by atomic mass is 9.98. The molecule has 0 N–H and O–H groups in total. The summed E-state index contributed by atoms with van der Waals surface area (Å²) in [6, 6.07) is 4.76. The van der Waals surface area contributed by atoms with Crippen molar-refractivity contribution >= 4 is 15.9 Å². The van der Waals surface area contributed by atoms with Crippen molar-refractivity contribution in [2.75, 3.05) is 13.2 Å². The molecule has 0 saturated carbocycles. The third kappa shape index (κ3) is 1.39. The molecule has 2 rings (SSSR count). The number of hydrogen-bond donors (Lipinski definition) is 0. The Morgan fingerprint density at radius 1 is 1.42 bits per heavy atom. The van der Waals surface area contributed by atoms with Crippen molar-refractivity contribution in [3.63, 3.8) is 0 Å². The molecule has 64 valence electrons. The first-order valence-electron chi connectivity index (χ1n) is 3.80. The maximum absolute atomic E-state index is 12.8. The minimum Gasteiger partial charge on any atom is -0.380 e. The minimum absolute atomic E-state index is 0.180. The fourth-order valence-electron chi connectivity index (χ4n) is 1.24. The van der Waals surface area contributed by atoms with E-state index in [4.69, 9.17) is 4.74 Å². The Morgan fingerprint density at radius 2 is 2.17 bits per heavy atom. The fraction of sp³-hybridized carbons (Fsp3) is 0.333. The van der Waals surface area contributed by atoms with Crippen LogP contribution in [0, 0.1) is 5.82 Å². The molecule has 12 heavy (non-hydrogen) atoms. The monoisotopic (exact) mass is 230 g/mol. The lowest BCUT2D eigenvalue weighted by molar-refractivity contribution is 0.00803. The molecule has 1 aliphatic heterocycles. The van der Waals surface area contributed by atoms with Crippen LogP contribution in [0.3, 0.4) is 0 Å². The van der Waals surface area contributed by atoms with Gasteiger partial charge in [0.1, 0.15) is 5.82 Å². The van der Waals surface area contributed by atoms with Gasteiger partial charge in [0.2, 0.25) is 0 Å². The molecule has 1 aliphatic rings. The van der Waals surface area contributed by atoms with E-state index >= 15 is 0 Å². The zero-order valence-electron chi connectivity index (χ0n) is 6.39. The molecule has 0 aliphatic carbocycles. The van der Waals surface area contributed by atoms with Crippen molar-refractivity contribution in [1.82, 2.24) is 0 Å². The molecule has 1 fully saturated rings. The lowest BCUT2D eigenvalue weighted by Crippen LogP contribution is -2.25. The molecule has 0 bridgehead atoms. The summed E-state index contributed by atoms with van der Waals surface area (Å²) in [6.45, 7) is 1.42. The molecule has 0 radical (unpaired) electrons. The van der Waals surface area contributed by atoms with Crippen LogP contribution in [0.15, 0.2) is 22.7 Å². The van der Waals surface area contributed by atoms with E-state index in [0.29, 0.717) is 19.1 Å². The van der Waals surface area contributed by atoms with Crippen molar-refractivity contribution in [3.05, 3.63) is 34.1 Å². The van der Waals surface area contributed by atoms with Crippen LogP contribution in [0.5, 0.6) is 0 Å². The maximum Gasteiger partial charge on any atom is 0.123 e. The number of halogens is 2. The molecule has 0 atom stereocenters. The molecule has 1 aromatic rings. The highest BCUT2D eigenvalue weighted by Crippen LogP contribution is 2.30. The standard InChI is InChI=1S/C9H8BrFO/c10-9-2-1-7(11)3-8(9)6-4-12-5-6/h1-3,6H,4-5H2. The van der Waals surface area contributed by atoms with Gasteiger partial charge >= 0.3 is 0 Å². The highest BCUT2D eigenvalue weighted by atomic mass is 79.9. The number of hydrogen-bond acceptors (Lipinski definition) is 1. The van der Waals surface area contributed by atoms with Gasteiger partial charge in [0.25, 0.3) is 0 Å². The van der Waals surface area contributed by atoms with E-state index in [1.54, 1.807) is 12.1 Å². The molecule has 1 aromatic carbocycles. The van der Waals surface area contributed by atoms with Gasteiger partial charge in [-0.05, 0) is 23.8 Å². The summed E-state index contributed by atoms with van der Waals surface area (Å²) in [4.78, 5) is 0. The van der Waals surface area contributed by atoms with Crippen molar-refractivity contribution < 1.29 is 9.13 Å². The van der Waals surface area contributed by atoms with Crippen LogP contribution in [0.1, 0.15) is 11.5 Å². The van der Waals surface area contributed by atoms with Crippen LogP contribution < -0.4 is 0 Å². The van der Waals surface area contributed by atoms with Crippen LogP contribution in [-0.2, 0) is 4.74 Å². The van der Waals surface area contributed by atoms with E-state index in [1.807, 2.05) is 0 Å². The Balaban J connectivity index is 2.34. The van der Waals surface area contributed by atoms with E-state index in [1.165, 1.54) is 6.07 Å². The van der Waals surface area contributed by atoms with Crippen LogP contribution in [0.25, 0.3) is 0 Å². The van der Waals surface area contributed by atoms with Gasteiger partial charge in [0.05, 0.1) is 13.2 Å². The molecule has 0 unspecified atom stereocenters. The maximum atomic E-state index is 12.8. The summed E-state index contributed by atoms with van der Waals surface area (Å²) < 4.78 is 18.8. The molecule has 0 spiro atoms. The highest BCUT2D eigenvalue weighted by molar-refractivity contribution is 9.10. The average Bonchev–Trinajstić information content (AvgIpc) is 1.93. The summed E-state index contributed by atoms with van der Waals surface area (Å²) in [6.07, 6.45) is 0. The third-order valence-corrected chi connectivity index (χ3v) is 2.76. The number of ether oxygens (including phenoxy) is 1. The average molecular weight is 231 g/mol. The number of rotatable bonds is 1. The normalized spacial score (nSPS) is 17.5. The van der Waals surface area contributed by atoms with Gasteiger partial charge in [0.15, 0.2) is 0 Å². The molecule has 0 amide bonds. The Labute approximate surface area is 78.7 Å². The molecule has 1 nitrogen and oxygen atoms in total. The Kier molecular flexibility index (Phi) is 2.15. The Bertz CT molecular complexity index is 297. The topological polar surface area (TPSA) is 9.23 Å². The van der Waals surface area contributed by atoms with E-state index in [0.717, 1.165) is 10.0 Å². The zero-order valence-corrected chi connectivity index (χ0v) is 7.97. The van der Waals surface area contributed by atoms with Gasteiger partial charge in [-0.1, -0.05) is 15.9 Å². The van der Waals surface area contributed by atoms with E-state index in [-0.39, 0.29) is 5.82 Å². The van der Waals surface area contributed by atoms with Gasteiger partial charge in [-0.15, -0.1) is 0 Å². The molecule has 0 aromatic heterocycles. The summed E-state index contributed by atoms with van der Waals surface area (Å²) in [7, 11) is 0. The van der Waals surface area contributed by atoms with Crippen LogP contribution >= 0.6 is 15.9 Å². The van der Waals surface area contributed by atoms with E-state index in [2.05, 4.69) is 15.9 Å². The smallest absolute Gasteiger partial charge is 0.123 e. The first kappa shape index (κ1) is 8.20. The van der Waals surface area contributed by atoms with Gasteiger partial charge in [0, 0.05) is 10.4 Å². The largest absolute Gasteiger partial charge is 0.380 e. The van der Waals surface area contributed by atoms with Gasteiger partial charge in [-0.2, -0.15) is 0 Å². The fourth-order valence-corrected chi connectivity index (χ4v) is 1.81. The molecular formula is C9H8BrFO. The summed E-state index contributed by atoms with van der Waals surface area (Å²) in [5.74, 6) is 0.190. The van der Waals surface area contributed by atoms with Crippen molar-refractivity contribution in [1.29, 1.82) is 0 Å². The first-order valence-corrected chi connectivity index (χ1v) is 4.59.